The number of carboxylic acids is 1. The molecule has 1 aliphatic heterocycles. The van der Waals surface area contributed by atoms with Crippen molar-refractivity contribution in [2.24, 2.45) is 10.6 Å². The molecule has 2 rings (SSSR count). The third kappa shape index (κ3) is 3.14. The number of carbonyl (C=O) groups excluding carboxylic acids is 2. The van der Waals surface area contributed by atoms with Gasteiger partial charge in [0.05, 0.1) is 0 Å². The van der Waals surface area contributed by atoms with Crippen LogP contribution in [-0.4, -0.2) is 34.3 Å². The van der Waals surface area contributed by atoms with E-state index in [4.69, 9.17) is 9.57 Å². The molecule has 1 aliphatic rings. The van der Waals surface area contributed by atoms with Gasteiger partial charge < -0.3 is 14.7 Å². The molecule has 1 N–H and O–H groups in total. The molecule has 134 valence electrons. The Morgan fingerprint density at radius 2 is 1.84 bits per heavy atom. The fourth-order valence-electron chi connectivity index (χ4n) is 2.82. The Kier molecular flexibility index (Phi) is 5.25. The predicted molar refractivity (Wildman–Crippen MR) is 88.8 cm³/mol. The van der Waals surface area contributed by atoms with E-state index in [9.17, 15) is 19.5 Å². The number of hydrogen-bond acceptors (Lipinski definition) is 6. The van der Waals surface area contributed by atoms with Gasteiger partial charge in [-0.25, -0.2) is 4.79 Å². The zero-order chi connectivity index (χ0) is 18.7. The van der Waals surface area contributed by atoms with Crippen LogP contribution < -0.4 is 0 Å². The summed E-state index contributed by atoms with van der Waals surface area (Å²) in [7, 11) is 0. The Morgan fingerprint density at radius 3 is 2.28 bits per heavy atom. The van der Waals surface area contributed by atoms with E-state index in [1.165, 1.54) is 6.92 Å². The van der Waals surface area contributed by atoms with Gasteiger partial charge in [0.1, 0.15) is 5.71 Å². The van der Waals surface area contributed by atoms with Gasteiger partial charge in [-0.05, 0) is 25.3 Å². The number of esters is 1. The Bertz CT molecular complexity index is 708. The van der Waals surface area contributed by atoms with Crippen LogP contribution in [0, 0.1) is 5.41 Å². The molecule has 0 amide bonds. The fourth-order valence-corrected chi connectivity index (χ4v) is 2.82. The second-order valence-electron chi connectivity index (χ2n) is 6.03. The van der Waals surface area contributed by atoms with Crippen LogP contribution in [0.2, 0.25) is 0 Å². The number of oxime groups is 1. The van der Waals surface area contributed by atoms with Gasteiger partial charge in [0.2, 0.25) is 0 Å². The van der Waals surface area contributed by atoms with E-state index in [1.54, 1.807) is 38.1 Å². The first-order valence-electron chi connectivity index (χ1n) is 8.09. The monoisotopic (exact) mass is 347 g/mol. The van der Waals surface area contributed by atoms with Crippen molar-refractivity contribution in [2.45, 2.75) is 45.6 Å². The first-order valence-corrected chi connectivity index (χ1v) is 8.09. The average Bonchev–Trinajstić information content (AvgIpc) is 2.85. The molecule has 1 heterocycles. The standard InChI is InChI=1S/C18H21NO6/c1-4-17(5-2,14(20)21)15(22)24-18(12(3)19-25-16(18)23)11-13-9-7-6-8-10-13/h6-10H,4-5,11H2,1-3H3,(H,20,21). The van der Waals surface area contributed by atoms with E-state index in [0.717, 1.165) is 5.56 Å². The number of ether oxygens (including phenoxy) is 1. The molecule has 0 fully saturated rings. The lowest BCUT2D eigenvalue weighted by molar-refractivity contribution is -0.183. The number of aliphatic carboxylic acids is 1. The largest absolute Gasteiger partial charge is 0.480 e. The average molecular weight is 347 g/mol. The van der Waals surface area contributed by atoms with Crippen LogP contribution in [0.5, 0.6) is 0 Å². The summed E-state index contributed by atoms with van der Waals surface area (Å²) >= 11 is 0. The number of rotatable bonds is 7. The Hall–Kier alpha value is -2.70. The van der Waals surface area contributed by atoms with Crippen molar-refractivity contribution in [3.05, 3.63) is 35.9 Å². The second-order valence-corrected chi connectivity index (χ2v) is 6.03. The highest BCUT2D eigenvalue weighted by Crippen LogP contribution is 2.34. The van der Waals surface area contributed by atoms with Crippen molar-refractivity contribution in [1.82, 2.24) is 0 Å². The van der Waals surface area contributed by atoms with Gasteiger partial charge in [0, 0.05) is 6.42 Å². The lowest BCUT2D eigenvalue weighted by Crippen LogP contribution is -2.52. The molecule has 0 aliphatic carbocycles. The molecule has 7 heteroatoms. The maximum atomic E-state index is 12.7. The third-order valence-corrected chi connectivity index (χ3v) is 4.75. The molecule has 25 heavy (non-hydrogen) atoms. The highest BCUT2D eigenvalue weighted by atomic mass is 16.7. The zero-order valence-corrected chi connectivity index (χ0v) is 14.4. The lowest BCUT2D eigenvalue weighted by Gasteiger charge is -2.31. The first kappa shape index (κ1) is 18.6. The number of benzene rings is 1. The molecule has 1 aromatic rings. The van der Waals surface area contributed by atoms with Crippen molar-refractivity contribution in [3.8, 4) is 0 Å². The molecule has 0 radical (unpaired) electrons. The Labute approximate surface area is 145 Å². The molecule has 1 atom stereocenters. The van der Waals surface area contributed by atoms with E-state index >= 15 is 0 Å². The molecule has 0 saturated carbocycles. The molecule has 0 saturated heterocycles. The highest BCUT2D eigenvalue weighted by molar-refractivity contribution is 6.14. The van der Waals surface area contributed by atoms with Gasteiger partial charge in [-0.1, -0.05) is 49.3 Å². The minimum absolute atomic E-state index is 0.0247. The van der Waals surface area contributed by atoms with E-state index in [2.05, 4.69) is 5.16 Å². The number of hydrogen-bond donors (Lipinski definition) is 1. The molecule has 1 aromatic carbocycles. The van der Waals surface area contributed by atoms with E-state index < -0.39 is 28.9 Å². The normalized spacial score (nSPS) is 20.0. The Morgan fingerprint density at radius 1 is 1.24 bits per heavy atom. The summed E-state index contributed by atoms with van der Waals surface area (Å²) in [4.78, 5) is 41.5. The van der Waals surface area contributed by atoms with Gasteiger partial charge in [-0.2, -0.15) is 0 Å². The topological polar surface area (TPSA) is 102 Å². The fraction of sp³-hybridized carbons (Fsp3) is 0.444. The van der Waals surface area contributed by atoms with Crippen molar-refractivity contribution < 1.29 is 29.1 Å². The van der Waals surface area contributed by atoms with Crippen molar-refractivity contribution in [2.75, 3.05) is 0 Å². The summed E-state index contributed by atoms with van der Waals surface area (Å²) in [6.45, 7) is 4.70. The summed E-state index contributed by atoms with van der Waals surface area (Å²) < 4.78 is 5.51. The number of nitrogens with zero attached hydrogens (tertiary/aromatic N) is 1. The van der Waals surface area contributed by atoms with E-state index in [0.29, 0.717) is 0 Å². The molecule has 0 spiro atoms. The zero-order valence-electron chi connectivity index (χ0n) is 14.4. The summed E-state index contributed by atoms with van der Waals surface area (Å²) in [5.74, 6) is -3.07. The van der Waals surface area contributed by atoms with Crippen molar-refractivity contribution in [3.63, 3.8) is 0 Å². The van der Waals surface area contributed by atoms with Crippen LogP contribution in [0.4, 0.5) is 0 Å². The second kappa shape index (κ2) is 7.04. The minimum Gasteiger partial charge on any atom is -0.480 e. The van der Waals surface area contributed by atoms with Gasteiger partial charge in [-0.3, -0.25) is 9.59 Å². The van der Waals surface area contributed by atoms with Gasteiger partial charge in [0.15, 0.2) is 5.41 Å². The van der Waals surface area contributed by atoms with Crippen LogP contribution >= 0.6 is 0 Å². The van der Waals surface area contributed by atoms with Gasteiger partial charge >= 0.3 is 17.9 Å². The van der Waals surface area contributed by atoms with E-state index in [-0.39, 0.29) is 25.0 Å². The van der Waals surface area contributed by atoms with Gasteiger partial charge in [0.25, 0.3) is 5.60 Å². The molecular formula is C18H21NO6. The molecular weight excluding hydrogens is 326 g/mol. The smallest absolute Gasteiger partial charge is 0.384 e. The molecule has 0 bridgehead atoms. The van der Waals surface area contributed by atoms with Crippen LogP contribution in [0.3, 0.4) is 0 Å². The highest BCUT2D eigenvalue weighted by Gasteiger charge is 2.56. The number of carboxylic acid groups (broad SMARTS) is 1. The minimum atomic E-state index is -1.75. The molecule has 0 aromatic heterocycles. The maximum absolute atomic E-state index is 12.7. The van der Waals surface area contributed by atoms with Crippen LogP contribution in [0.25, 0.3) is 0 Å². The summed E-state index contributed by atoms with van der Waals surface area (Å²) in [5.41, 5.74) is -2.55. The quantitative estimate of drug-likeness (QED) is 0.461. The van der Waals surface area contributed by atoms with Gasteiger partial charge in [-0.15, -0.1) is 0 Å². The first-order chi connectivity index (χ1) is 11.8. The molecule has 7 nitrogen and oxygen atoms in total. The van der Waals surface area contributed by atoms with Crippen LogP contribution in [-0.2, 0) is 30.4 Å². The van der Waals surface area contributed by atoms with E-state index in [1.807, 2.05) is 6.07 Å². The summed E-state index contributed by atoms with van der Waals surface area (Å²) in [6, 6.07) is 8.95. The van der Waals surface area contributed by atoms with Crippen molar-refractivity contribution in [1.29, 1.82) is 0 Å². The lowest BCUT2D eigenvalue weighted by atomic mass is 9.81. The number of carbonyl (C=O) groups is 3. The van der Waals surface area contributed by atoms with Crippen LogP contribution in [0.1, 0.15) is 39.2 Å². The Balaban J connectivity index is 2.41. The van der Waals surface area contributed by atoms with Crippen molar-refractivity contribution >= 4 is 23.6 Å². The maximum Gasteiger partial charge on any atom is 0.384 e. The summed E-state index contributed by atoms with van der Waals surface area (Å²) in [5, 5.41) is 13.2. The predicted octanol–water partition coefficient (Wildman–Crippen LogP) is 2.33. The SMILES string of the molecule is CCC(CC)(C(=O)O)C(=O)OC1(Cc2ccccc2)C(=O)ON=C1C. The third-order valence-electron chi connectivity index (χ3n) is 4.75. The summed E-state index contributed by atoms with van der Waals surface area (Å²) in [6.07, 6.45) is 0.117. The van der Waals surface area contributed by atoms with Crippen LogP contribution in [0.15, 0.2) is 35.5 Å². The molecule has 1 unspecified atom stereocenters.